The maximum absolute atomic E-state index is 12.0. The molecule has 2 aromatic rings. The van der Waals surface area contributed by atoms with Gasteiger partial charge in [0.25, 0.3) is 5.91 Å². The standard InChI is InChI=1S/C11H10Cl2N4O/c1-6(10-14-2-3-15-10)17-11(18)7-4-9(13)16-5-8(7)12/h2-6H,1H3,(H,14,15)(H,17,18). The molecule has 2 rings (SSSR count). The molecule has 2 aromatic heterocycles. The largest absolute Gasteiger partial charge is 0.347 e. The van der Waals surface area contributed by atoms with Crippen LogP contribution in [0.4, 0.5) is 0 Å². The summed E-state index contributed by atoms with van der Waals surface area (Å²) in [6, 6.07) is 1.17. The Labute approximate surface area is 114 Å². The Balaban J connectivity index is 2.15. The summed E-state index contributed by atoms with van der Waals surface area (Å²) in [5, 5.41) is 3.23. The Morgan fingerprint density at radius 3 is 2.89 bits per heavy atom. The lowest BCUT2D eigenvalue weighted by Gasteiger charge is -2.12. The molecule has 0 aliphatic rings. The van der Waals surface area contributed by atoms with E-state index in [1.54, 1.807) is 12.4 Å². The van der Waals surface area contributed by atoms with E-state index in [1.807, 2.05) is 6.92 Å². The second-order valence-electron chi connectivity index (χ2n) is 3.66. The van der Waals surface area contributed by atoms with Gasteiger partial charge in [-0.2, -0.15) is 0 Å². The molecule has 0 aliphatic carbocycles. The summed E-state index contributed by atoms with van der Waals surface area (Å²) in [6.45, 7) is 1.81. The lowest BCUT2D eigenvalue weighted by molar-refractivity contribution is 0.0938. The summed E-state index contributed by atoms with van der Waals surface area (Å²) in [7, 11) is 0. The van der Waals surface area contributed by atoms with E-state index in [0.29, 0.717) is 5.82 Å². The first-order valence-corrected chi connectivity index (χ1v) is 5.94. The van der Waals surface area contributed by atoms with Gasteiger partial charge in [-0.1, -0.05) is 23.2 Å². The van der Waals surface area contributed by atoms with Crippen LogP contribution in [-0.2, 0) is 0 Å². The minimum absolute atomic E-state index is 0.218. The number of aromatic nitrogens is 3. The van der Waals surface area contributed by atoms with Crippen molar-refractivity contribution in [1.29, 1.82) is 0 Å². The summed E-state index contributed by atoms with van der Waals surface area (Å²) >= 11 is 11.6. The lowest BCUT2D eigenvalue weighted by Crippen LogP contribution is -2.27. The average Bonchev–Trinajstić information content (AvgIpc) is 2.85. The summed E-state index contributed by atoms with van der Waals surface area (Å²) in [4.78, 5) is 22.8. The summed E-state index contributed by atoms with van der Waals surface area (Å²) in [5.74, 6) is 0.341. The number of rotatable bonds is 3. The number of nitrogens with one attached hydrogen (secondary N) is 2. The van der Waals surface area contributed by atoms with Gasteiger partial charge in [0.15, 0.2) is 0 Å². The van der Waals surface area contributed by atoms with E-state index in [2.05, 4.69) is 20.3 Å². The molecule has 0 radical (unpaired) electrons. The number of nitrogens with zero attached hydrogens (tertiary/aromatic N) is 2. The van der Waals surface area contributed by atoms with Crippen molar-refractivity contribution in [2.75, 3.05) is 0 Å². The van der Waals surface area contributed by atoms with Crippen molar-refractivity contribution >= 4 is 29.1 Å². The molecule has 1 amide bonds. The number of imidazole rings is 1. The van der Waals surface area contributed by atoms with E-state index in [-0.39, 0.29) is 27.7 Å². The van der Waals surface area contributed by atoms with Gasteiger partial charge in [0.1, 0.15) is 11.0 Å². The zero-order valence-electron chi connectivity index (χ0n) is 9.45. The maximum atomic E-state index is 12.0. The van der Waals surface area contributed by atoms with Crippen molar-refractivity contribution in [3.05, 3.63) is 46.2 Å². The Kier molecular flexibility index (Phi) is 3.84. The molecule has 0 saturated heterocycles. The van der Waals surface area contributed by atoms with Gasteiger partial charge in [0.2, 0.25) is 0 Å². The second-order valence-corrected chi connectivity index (χ2v) is 4.45. The zero-order chi connectivity index (χ0) is 13.1. The van der Waals surface area contributed by atoms with Crippen LogP contribution in [-0.4, -0.2) is 20.9 Å². The van der Waals surface area contributed by atoms with Crippen LogP contribution in [0.25, 0.3) is 0 Å². The van der Waals surface area contributed by atoms with Gasteiger partial charge in [0, 0.05) is 18.6 Å². The quantitative estimate of drug-likeness (QED) is 0.851. The third-order valence-corrected chi connectivity index (χ3v) is 2.85. The average molecular weight is 285 g/mol. The van der Waals surface area contributed by atoms with Crippen molar-refractivity contribution < 1.29 is 4.79 Å². The van der Waals surface area contributed by atoms with Crippen LogP contribution < -0.4 is 5.32 Å². The van der Waals surface area contributed by atoms with Crippen LogP contribution >= 0.6 is 23.2 Å². The molecule has 18 heavy (non-hydrogen) atoms. The van der Waals surface area contributed by atoms with Crippen LogP contribution in [0.1, 0.15) is 29.1 Å². The number of halogens is 2. The Morgan fingerprint density at radius 2 is 2.22 bits per heavy atom. The second kappa shape index (κ2) is 5.37. The van der Waals surface area contributed by atoms with Gasteiger partial charge in [-0.3, -0.25) is 4.79 Å². The van der Waals surface area contributed by atoms with Crippen LogP contribution in [0, 0.1) is 0 Å². The molecule has 1 unspecified atom stereocenters. The smallest absolute Gasteiger partial charge is 0.253 e. The molecule has 0 bridgehead atoms. The third kappa shape index (κ3) is 2.80. The maximum Gasteiger partial charge on any atom is 0.253 e. The monoisotopic (exact) mass is 284 g/mol. The summed E-state index contributed by atoms with van der Waals surface area (Å²) < 4.78 is 0. The molecular weight excluding hydrogens is 275 g/mol. The van der Waals surface area contributed by atoms with E-state index < -0.39 is 0 Å². The van der Waals surface area contributed by atoms with Gasteiger partial charge < -0.3 is 10.3 Å². The first-order valence-electron chi connectivity index (χ1n) is 5.19. The van der Waals surface area contributed by atoms with Crippen molar-refractivity contribution in [1.82, 2.24) is 20.3 Å². The normalized spacial score (nSPS) is 12.2. The highest BCUT2D eigenvalue weighted by Gasteiger charge is 2.16. The number of H-pyrrole nitrogens is 1. The topological polar surface area (TPSA) is 70.7 Å². The molecule has 0 saturated carbocycles. The van der Waals surface area contributed by atoms with Crippen molar-refractivity contribution in [3.8, 4) is 0 Å². The van der Waals surface area contributed by atoms with Crippen molar-refractivity contribution in [3.63, 3.8) is 0 Å². The number of hydrogen-bond donors (Lipinski definition) is 2. The van der Waals surface area contributed by atoms with Gasteiger partial charge in [-0.05, 0) is 13.0 Å². The van der Waals surface area contributed by atoms with Gasteiger partial charge in [-0.15, -0.1) is 0 Å². The summed E-state index contributed by atoms with van der Waals surface area (Å²) in [6.07, 6.45) is 4.65. The van der Waals surface area contributed by atoms with Crippen molar-refractivity contribution in [2.45, 2.75) is 13.0 Å². The van der Waals surface area contributed by atoms with Gasteiger partial charge in [0.05, 0.1) is 16.6 Å². The van der Waals surface area contributed by atoms with Gasteiger partial charge in [-0.25, -0.2) is 9.97 Å². The molecule has 0 spiro atoms. The molecule has 2 heterocycles. The molecule has 7 heteroatoms. The Morgan fingerprint density at radius 1 is 1.44 bits per heavy atom. The number of amides is 1. The van der Waals surface area contributed by atoms with E-state index in [0.717, 1.165) is 0 Å². The third-order valence-electron chi connectivity index (χ3n) is 2.34. The predicted molar refractivity (Wildman–Crippen MR) is 68.7 cm³/mol. The van der Waals surface area contributed by atoms with Crippen LogP contribution in [0.15, 0.2) is 24.7 Å². The summed E-state index contributed by atoms with van der Waals surface area (Å²) in [5.41, 5.74) is 0.287. The lowest BCUT2D eigenvalue weighted by atomic mass is 10.2. The van der Waals surface area contributed by atoms with Crippen LogP contribution in [0.3, 0.4) is 0 Å². The van der Waals surface area contributed by atoms with E-state index in [4.69, 9.17) is 23.2 Å². The molecule has 0 aliphatic heterocycles. The first-order chi connectivity index (χ1) is 8.58. The van der Waals surface area contributed by atoms with Crippen LogP contribution in [0.5, 0.6) is 0 Å². The fourth-order valence-electron chi connectivity index (χ4n) is 1.44. The molecule has 2 N–H and O–H groups in total. The fraction of sp³-hybridized carbons (Fsp3) is 0.182. The molecule has 1 atom stereocenters. The minimum Gasteiger partial charge on any atom is -0.347 e. The highest BCUT2D eigenvalue weighted by molar-refractivity contribution is 6.35. The number of carbonyl (C=O) groups is 1. The molecule has 0 fully saturated rings. The van der Waals surface area contributed by atoms with E-state index in [1.165, 1.54) is 12.3 Å². The molecule has 94 valence electrons. The first kappa shape index (κ1) is 12.9. The zero-order valence-corrected chi connectivity index (χ0v) is 11.0. The molecule has 5 nitrogen and oxygen atoms in total. The number of carbonyl (C=O) groups excluding carboxylic acids is 1. The molecular formula is C11H10Cl2N4O. The van der Waals surface area contributed by atoms with Gasteiger partial charge >= 0.3 is 0 Å². The van der Waals surface area contributed by atoms with Crippen molar-refractivity contribution in [2.24, 2.45) is 0 Å². The van der Waals surface area contributed by atoms with E-state index >= 15 is 0 Å². The minimum atomic E-state index is -0.326. The predicted octanol–water partition coefficient (Wildman–Crippen LogP) is 2.60. The number of aromatic amines is 1. The SMILES string of the molecule is CC(NC(=O)c1cc(Cl)ncc1Cl)c1ncc[nH]1. The highest BCUT2D eigenvalue weighted by Crippen LogP contribution is 2.19. The number of pyridine rings is 1. The number of hydrogen-bond acceptors (Lipinski definition) is 3. The molecule has 0 aromatic carbocycles. The Bertz CT molecular complexity index is 556. The Hall–Kier alpha value is -1.59. The highest BCUT2D eigenvalue weighted by atomic mass is 35.5. The fourth-order valence-corrected chi connectivity index (χ4v) is 1.79. The van der Waals surface area contributed by atoms with E-state index in [9.17, 15) is 4.79 Å². The van der Waals surface area contributed by atoms with Crippen LogP contribution in [0.2, 0.25) is 10.2 Å².